The Bertz CT molecular complexity index is 1540. The average Bonchev–Trinajstić information content (AvgIpc) is 3.53. The summed E-state index contributed by atoms with van der Waals surface area (Å²) in [5.41, 5.74) is 5.95. The number of aromatic nitrogens is 7. The average molecular weight is 495 g/mol. The molecule has 6 rings (SSSR count). The number of H-pyrrole nitrogens is 1. The summed E-state index contributed by atoms with van der Waals surface area (Å²) >= 11 is 0. The summed E-state index contributed by atoms with van der Waals surface area (Å²) in [5, 5.41) is 4.54. The summed E-state index contributed by atoms with van der Waals surface area (Å²) in [6.45, 7) is 2.93. The zero-order valence-electron chi connectivity index (χ0n) is 20.5. The van der Waals surface area contributed by atoms with Crippen LogP contribution in [0.3, 0.4) is 0 Å². The van der Waals surface area contributed by atoms with E-state index in [1.54, 1.807) is 23.4 Å². The maximum absolute atomic E-state index is 12.8. The number of ether oxygens (including phenoxy) is 1. The SMILES string of the molecule is Cn1nc(-c2cccnc2)cc1CC(=O)Cc1ccc(-c2nc3ncnc(N4CCOCC4)c3[nH]2)cc1. The predicted molar refractivity (Wildman–Crippen MR) is 139 cm³/mol. The molecule has 0 radical (unpaired) electrons. The number of carbonyl (C=O) groups is 1. The van der Waals surface area contributed by atoms with E-state index in [0.29, 0.717) is 31.7 Å². The van der Waals surface area contributed by atoms with Crippen LogP contribution in [0.15, 0.2) is 61.2 Å². The highest BCUT2D eigenvalue weighted by atomic mass is 16.5. The fourth-order valence-corrected chi connectivity index (χ4v) is 4.57. The van der Waals surface area contributed by atoms with Crippen LogP contribution in [0.5, 0.6) is 0 Å². The number of pyridine rings is 1. The van der Waals surface area contributed by atoms with Gasteiger partial charge in [0.25, 0.3) is 0 Å². The Balaban J connectivity index is 1.15. The number of morpholine rings is 1. The number of carbonyl (C=O) groups excluding carboxylic acids is 1. The van der Waals surface area contributed by atoms with Gasteiger partial charge in [0.15, 0.2) is 11.5 Å². The number of aromatic amines is 1. The summed E-state index contributed by atoms with van der Waals surface area (Å²) in [7, 11) is 1.86. The van der Waals surface area contributed by atoms with Gasteiger partial charge in [-0.25, -0.2) is 15.0 Å². The Hall–Kier alpha value is -4.44. The number of hydrogen-bond donors (Lipinski definition) is 1. The third kappa shape index (κ3) is 4.83. The molecule has 0 aliphatic carbocycles. The molecule has 0 atom stereocenters. The van der Waals surface area contributed by atoms with Crippen molar-refractivity contribution < 1.29 is 9.53 Å². The number of rotatable bonds is 7. The van der Waals surface area contributed by atoms with Crippen LogP contribution in [-0.2, 0) is 29.4 Å². The number of ketones is 1. The van der Waals surface area contributed by atoms with Gasteiger partial charge in [-0.2, -0.15) is 5.10 Å². The van der Waals surface area contributed by atoms with Gasteiger partial charge in [-0.05, 0) is 23.8 Å². The standard InChI is InChI=1S/C27H26N8O2/c1-34-21(15-23(33-34)20-3-2-8-28-16-20)14-22(36)13-18-4-6-19(7-5-18)25-31-24-26(32-25)29-17-30-27(24)35-9-11-37-12-10-35/h2-8,15-17H,9-14H2,1H3,(H,29,30,31,32). The number of anilines is 1. The quantitative estimate of drug-likeness (QED) is 0.367. The molecule has 10 nitrogen and oxygen atoms in total. The normalized spacial score (nSPS) is 13.8. The van der Waals surface area contributed by atoms with Crippen LogP contribution in [0.2, 0.25) is 0 Å². The highest BCUT2D eigenvalue weighted by molar-refractivity contribution is 5.86. The van der Waals surface area contributed by atoms with Crippen molar-refractivity contribution in [2.24, 2.45) is 7.05 Å². The largest absolute Gasteiger partial charge is 0.378 e. The van der Waals surface area contributed by atoms with Gasteiger partial charge in [0.05, 0.1) is 18.9 Å². The zero-order valence-corrected chi connectivity index (χ0v) is 20.5. The molecule has 1 fully saturated rings. The zero-order chi connectivity index (χ0) is 25.2. The van der Waals surface area contributed by atoms with Crippen LogP contribution in [-0.4, -0.2) is 66.8 Å². The molecule has 0 bridgehead atoms. The summed E-state index contributed by atoms with van der Waals surface area (Å²) in [4.78, 5) is 36.1. The van der Waals surface area contributed by atoms with E-state index in [4.69, 9.17) is 4.74 Å². The van der Waals surface area contributed by atoms with Crippen molar-refractivity contribution in [2.75, 3.05) is 31.2 Å². The Kier molecular flexibility index (Phi) is 6.15. The van der Waals surface area contributed by atoms with Crippen molar-refractivity contribution >= 4 is 22.8 Å². The molecule has 0 spiro atoms. The number of nitrogens with zero attached hydrogens (tertiary/aromatic N) is 7. The minimum absolute atomic E-state index is 0.127. The highest BCUT2D eigenvalue weighted by Crippen LogP contribution is 2.26. The van der Waals surface area contributed by atoms with Crippen LogP contribution in [0, 0.1) is 0 Å². The molecule has 1 aliphatic rings. The molecule has 1 N–H and O–H groups in total. The van der Waals surface area contributed by atoms with Gasteiger partial charge >= 0.3 is 0 Å². The molecule has 0 saturated carbocycles. The van der Waals surface area contributed by atoms with Gasteiger partial charge < -0.3 is 14.6 Å². The van der Waals surface area contributed by atoms with Gasteiger partial charge in [0.1, 0.15) is 23.5 Å². The van der Waals surface area contributed by atoms with Gasteiger partial charge in [0, 0.05) is 62.2 Å². The highest BCUT2D eigenvalue weighted by Gasteiger charge is 2.19. The lowest BCUT2D eigenvalue weighted by Crippen LogP contribution is -2.36. The predicted octanol–water partition coefficient (Wildman–Crippen LogP) is 3.01. The van der Waals surface area contributed by atoms with Crippen molar-refractivity contribution in [2.45, 2.75) is 12.8 Å². The van der Waals surface area contributed by atoms with Crippen molar-refractivity contribution in [3.8, 4) is 22.6 Å². The van der Waals surface area contributed by atoms with Crippen LogP contribution in [0.25, 0.3) is 33.8 Å². The van der Waals surface area contributed by atoms with Gasteiger partial charge in [-0.1, -0.05) is 24.3 Å². The van der Waals surface area contributed by atoms with E-state index in [0.717, 1.165) is 58.3 Å². The summed E-state index contributed by atoms with van der Waals surface area (Å²) in [6.07, 6.45) is 5.72. The van der Waals surface area contributed by atoms with E-state index in [1.807, 2.05) is 49.5 Å². The van der Waals surface area contributed by atoms with Gasteiger partial charge in [-0.3, -0.25) is 14.5 Å². The number of benzene rings is 1. The molecule has 1 aromatic carbocycles. The first-order valence-electron chi connectivity index (χ1n) is 12.2. The Labute approximate surface area is 213 Å². The maximum atomic E-state index is 12.8. The van der Waals surface area contributed by atoms with E-state index in [1.165, 1.54) is 0 Å². The number of aryl methyl sites for hydroxylation is 1. The Morgan fingerprint density at radius 3 is 2.68 bits per heavy atom. The number of imidazole rings is 1. The third-order valence-electron chi connectivity index (χ3n) is 6.52. The molecule has 10 heteroatoms. The first kappa shape index (κ1) is 23.0. The molecule has 37 heavy (non-hydrogen) atoms. The number of hydrogen-bond acceptors (Lipinski definition) is 8. The monoisotopic (exact) mass is 494 g/mol. The van der Waals surface area contributed by atoms with Crippen LogP contribution < -0.4 is 4.90 Å². The van der Waals surface area contributed by atoms with E-state index >= 15 is 0 Å². The van der Waals surface area contributed by atoms with E-state index in [9.17, 15) is 4.79 Å². The third-order valence-corrected chi connectivity index (χ3v) is 6.52. The lowest BCUT2D eigenvalue weighted by atomic mass is 10.0. The smallest absolute Gasteiger partial charge is 0.183 e. The van der Waals surface area contributed by atoms with Crippen molar-refractivity contribution in [1.29, 1.82) is 0 Å². The fourth-order valence-electron chi connectivity index (χ4n) is 4.57. The lowest BCUT2D eigenvalue weighted by molar-refractivity contribution is -0.117. The minimum atomic E-state index is 0.127. The van der Waals surface area contributed by atoms with Crippen molar-refractivity contribution in [3.05, 3.63) is 72.4 Å². The maximum Gasteiger partial charge on any atom is 0.183 e. The van der Waals surface area contributed by atoms with E-state index < -0.39 is 0 Å². The molecule has 5 heterocycles. The van der Waals surface area contributed by atoms with Crippen molar-refractivity contribution in [3.63, 3.8) is 0 Å². The van der Waals surface area contributed by atoms with E-state index in [2.05, 4.69) is 34.9 Å². The van der Waals surface area contributed by atoms with Crippen LogP contribution in [0.4, 0.5) is 5.82 Å². The first-order valence-corrected chi connectivity index (χ1v) is 12.2. The molecule has 1 aliphatic heterocycles. The first-order chi connectivity index (χ1) is 18.1. The number of nitrogens with one attached hydrogen (secondary N) is 1. The molecule has 0 unspecified atom stereocenters. The molecular weight excluding hydrogens is 468 g/mol. The van der Waals surface area contributed by atoms with Gasteiger partial charge in [-0.15, -0.1) is 0 Å². The molecule has 4 aromatic heterocycles. The van der Waals surface area contributed by atoms with Crippen molar-refractivity contribution in [1.82, 2.24) is 34.7 Å². The molecular formula is C27H26N8O2. The minimum Gasteiger partial charge on any atom is -0.378 e. The Morgan fingerprint density at radius 2 is 1.89 bits per heavy atom. The topological polar surface area (TPSA) is 115 Å². The molecule has 186 valence electrons. The fraction of sp³-hybridized carbons (Fsp3) is 0.259. The number of Topliss-reactive ketones (excluding diaryl/α,β-unsaturated/α-hetero) is 1. The molecule has 5 aromatic rings. The summed E-state index contributed by atoms with van der Waals surface area (Å²) in [5.74, 6) is 1.69. The van der Waals surface area contributed by atoms with Gasteiger partial charge in [0.2, 0.25) is 0 Å². The Morgan fingerprint density at radius 1 is 1.05 bits per heavy atom. The van der Waals surface area contributed by atoms with E-state index in [-0.39, 0.29) is 5.78 Å². The summed E-state index contributed by atoms with van der Waals surface area (Å²) < 4.78 is 7.23. The second-order valence-electron chi connectivity index (χ2n) is 9.06. The van der Waals surface area contributed by atoms with Crippen LogP contribution >= 0.6 is 0 Å². The molecule has 0 amide bonds. The molecule has 1 saturated heterocycles. The second-order valence-corrected chi connectivity index (χ2v) is 9.06. The lowest BCUT2D eigenvalue weighted by Gasteiger charge is -2.27. The number of fused-ring (bicyclic) bond motifs is 1. The van der Waals surface area contributed by atoms with Crippen LogP contribution in [0.1, 0.15) is 11.3 Å². The second kappa shape index (κ2) is 9.90. The summed E-state index contributed by atoms with van der Waals surface area (Å²) in [6, 6.07) is 13.7.